The zero-order valence-electron chi connectivity index (χ0n) is 11.2. The van der Waals surface area contributed by atoms with Gasteiger partial charge in [-0.05, 0) is 17.7 Å². The second kappa shape index (κ2) is 7.20. The first-order valence-electron chi connectivity index (χ1n) is 5.74. The van der Waals surface area contributed by atoms with Gasteiger partial charge in [0.05, 0.1) is 14.2 Å². The summed E-state index contributed by atoms with van der Waals surface area (Å²) >= 11 is 0. The van der Waals surface area contributed by atoms with E-state index in [-0.39, 0.29) is 5.91 Å². The first-order chi connectivity index (χ1) is 9.12. The lowest BCUT2D eigenvalue weighted by Crippen LogP contribution is -2.19. The minimum Gasteiger partial charge on any atom is -0.493 e. The summed E-state index contributed by atoms with van der Waals surface area (Å²) in [6.45, 7) is 1.85. The van der Waals surface area contributed by atoms with E-state index in [0.29, 0.717) is 29.2 Å². The first-order valence-corrected chi connectivity index (χ1v) is 5.74. The molecule has 1 amide bonds. The van der Waals surface area contributed by atoms with Crippen molar-refractivity contribution < 1.29 is 19.1 Å². The van der Waals surface area contributed by atoms with Crippen LogP contribution in [0.5, 0.6) is 11.5 Å². The molecule has 0 aliphatic rings. The van der Waals surface area contributed by atoms with Crippen LogP contribution in [0.1, 0.15) is 22.8 Å². The molecule has 0 heterocycles. The predicted octanol–water partition coefficient (Wildman–Crippen LogP) is 1.67. The maximum absolute atomic E-state index is 11.0. The monoisotopic (exact) mass is 263 g/mol. The van der Waals surface area contributed by atoms with Crippen LogP contribution in [0.25, 0.3) is 6.08 Å². The molecule has 102 valence electrons. The molecule has 0 aliphatic carbocycles. The molecule has 0 saturated heterocycles. The Bertz CT molecular complexity index is 494. The third kappa shape index (κ3) is 4.13. The van der Waals surface area contributed by atoms with Gasteiger partial charge in [-0.1, -0.05) is 12.2 Å². The van der Waals surface area contributed by atoms with E-state index in [1.807, 2.05) is 0 Å². The van der Waals surface area contributed by atoms with E-state index in [1.165, 1.54) is 21.1 Å². The summed E-state index contributed by atoms with van der Waals surface area (Å²) in [5.74, 6) is 0.948. The molecule has 0 unspecified atom stereocenters. The van der Waals surface area contributed by atoms with E-state index in [9.17, 15) is 9.59 Å². The zero-order chi connectivity index (χ0) is 14.3. The molecule has 0 atom stereocenters. The molecule has 0 spiro atoms. The topological polar surface area (TPSA) is 64.6 Å². The van der Waals surface area contributed by atoms with Crippen molar-refractivity contribution in [1.29, 1.82) is 0 Å². The highest BCUT2D eigenvalue weighted by Gasteiger charge is 2.08. The van der Waals surface area contributed by atoms with E-state index >= 15 is 0 Å². The van der Waals surface area contributed by atoms with Crippen molar-refractivity contribution in [2.45, 2.75) is 6.92 Å². The maximum atomic E-state index is 11.0. The Morgan fingerprint density at radius 1 is 1.21 bits per heavy atom. The lowest BCUT2D eigenvalue weighted by molar-refractivity contribution is -0.118. The number of amides is 1. The minimum absolute atomic E-state index is 0.104. The zero-order valence-corrected chi connectivity index (χ0v) is 11.2. The quantitative estimate of drug-likeness (QED) is 0.793. The predicted molar refractivity (Wildman–Crippen MR) is 72.7 cm³/mol. The summed E-state index contributed by atoms with van der Waals surface area (Å²) in [6.07, 6.45) is 4.26. The van der Waals surface area contributed by atoms with E-state index in [4.69, 9.17) is 9.47 Å². The molecule has 5 heteroatoms. The van der Waals surface area contributed by atoms with Crippen molar-refractivity contribution in [3.05, 3.63) is 29.3 Å². The summed E-state index contributed by atoms with van der Waals surface area (Å²) < 4.78 is 10.3. The van der Waals surface area contributed by atoms with Crippen molar-refractivity contribution in [2.24, 2.45) is 0 Å². The fourth-order valence-corrected chi connectivity index (χ4v) is 1.55. The molecule has 1 N–H and O–H groups in total. The number of benzene rings is 1. The Balaban J connectivity index is 2.98. The second-order valence-corrected chi connectivity index (χ2v) is 3.79. The number of carbonyl (C=O) groups is 2. The van der Waals surface area contributed by atoms with Gasteiger partial charge in [0.25, 0.3) is 0 Å². The van der Waals surface area contributed by atoms with Gasteiger partial charge in [0.15, 0.2) is 17.8 Å². The number of hydrogen-bond acceptors (Lipinski definition) is 4. The summed E-state index contributed by atoms with van der Waals surface area (Å²) in [5, 5.41) is 2.63. The third-order valence-electron chi connectivity index (χ3n) is 2.48. The van der Waals surface area contributed by atoms with Gasteiger partial charge in [0, 0.05) is 19.0 Å². The molecule has 1 aromatic carbocycles. The maximum Gasteiger partial charge on any atom is 0.217 e. The van der Waals surface area contributed by atoms with E-state index in [2.05, 4.69) is 5.32 Å². The standard InChI is InChI=1S/C14H17NO4/c1-10(17)15-6-4-5-11-7-13(18-2)14(19-3)8-12(11)9-16/h4-5,7-9H,6H2,1-3H3,(H,15,17). The van der Waals surface area contributed by atoms with Gasteiger partial charge in [-0.2, -0.15) is 0 Å². The van der Waals surface area contributed by atoms with Crippen molar-refractivity contribution in [1.82, 2.24) is 5.32 Å². The molecule has 0 fully saturated rings. The molecule has 19 heavy (non-hydrogen) atoms. The highest BCUT2D eigenvalue weighted by molar-refractivity contribution is 5.84. The fourth-order valence-electron chi connectivity index (χ4n) is 1.55. The summed E-state index contributed by atoms with van der Waals surface area (Å²) in [7, 11) is 3.04. The van der Waals surface area contributed by atoms with Gasteiger partial charge >= 0.3 is 0 Å². The van der Waals surface area contributed by atoms with Crippen LogP contribution in [0.4, 0.5) is 0 Å². The van der Waals surface area contributed by atoms with Gasteiger partial charge in [-0.3, -0.25) is 9.59 Å². The molecule has 0 bridgehead atoms. The lowest BCUT2D eigenvalue weighted by Gasteiger charge is -2.10. The fraction of sp³-hybridized carbons (Fsp3) is 0.286. The highest BCUT2D eigenvalue weighted by Crippen LogP contribution is 2.30. The van der Waals surface area contributed by atoms with Gasteiger partial charge in [0.1, 0.15) is 0 Å². The number of hydrogen-bond donors (Lipinski definition) is 1. The van der Waals surface area contributed by atoms with Crippen LogP contribution in [0.3, 0.4) is 0 Å². The molecule has 0 aromatic heterocycles. The van der Waals surface area contributed by atoms with Crippen LogP contribution in [0, 0.1) is 0 Å². The Labute approximate surface area is 112 Å². The SMILES string of the molecule is COc1cc(C=O)c(C=CCNC(C)=O)cc1OC. The number of carbonyl (C=O) groups excluding carboxylic acids is 2. The van der Waals surface area contributed by atoms with Crippen molar-refractivity contribution in [3.63, 3.8) is 0 Å². The Hall–Kier alpha value is -2.30. The normalized spacial score (nSPS) is 10.3. The molecule has 0 saturated carbocycles. The van der Waals surface area contributed by atoms with Crippen LogP contribution >= 0.6 is 0 Å². The molecule has 0 aliphatic heterocycles. The van der Waals surface area contributed by atoms with E-state index < -0.39 is 0 Å². The van der Waals surface area contributed by atoms with Crippen molar-refractivity contribution in [2.75, 3.05) is 20.8 Å². The summed E-state index contributed by atoms with van der Waals surface area (Å²) in [6, 6.07) is 3.33. The highest BCUT2D eigenvalue weighted by atomic mass is 16.5. The van der Waals surface area contributed by atoms with Gasteiger partial charge in [0.2, 0.25) is 5.91 Å². The molecular formula is C14H17NO4. The molecular weight excluding hydrogens is 246 g/mol. The van der Waals surface area contributed by atoms with E-state index in [0.717, 1.165) is 6.29 Å². The van der Waals surface area contributed by atoms with Crippen molar-refractivity contribution in [3.8, 4) is 11.5 Å². The van der Waals surface area contributed by atoms with Crippen LogP contribution in [-0.2, 0) is 4.79 Å². The van der Waals surface area contributed by atoms with Gasteiger partial charge < -0.3 is 14.8 Å². The van der Waals surface area contributed by atoms with Gasteiger partial charge in [-0.15, -0.1) is 0 Å². The Morgan fingerprint density at radius 3 is 2.26 bits per heavy atom. The number of aldehydes is 1. The van der Waals surface area contributed by atoms with Crippen LogP contribution in [-0.4, -0.2) is 33.0 Å². The molecule has 5 nitrogen and oxygen atoms in total. The van der Waals surface area contributed by atoms with Crippen molar-refractivity contribution >= 4 is 18.3 Å². The Morgan fingerprint density at radius 2 is 1.79 bits per heavy atom. The largest absolute Gasteiger partial charge is 0.493 e. The smallest absolute Gasteiger partial charge is 0.217 e. The summed E-state index contributed by atoms with van der Waals surface area (Å²) in [5.41, 5.74) is 1.20. The number of methoxy groups -OCH3 is 2. The average Bonchev–Trinajstić information content (AvgIpc) is 2.42. The van der Waals surface area contributed by atoms with Gasteiger partial charge in [-0.25, -0.2) is 0 Å². The average molecular weight is 263 g/mol. The first kappa shape index (κ1) is 14.8. The number of nitrogens with one attached hydrogen (secondary N) is 1. The minimum atomic E-state index is -0.104. The molecule has 1 aromatic rings. The second-order valence-electron chi connectivity index (χ2n) is 3.79. The molecule has 0 radical (unpaired) electrons. The number of ether oxygens (including phenoxy) is 2. The lowest BCUT2D eigenvalue weighted by atomic mass is 10.1. The van der Waals surface area contributed by atoms with Crippen LogP contribution < -0.4 is 14.8 Å². The number of rotatable bonds is 6. The van der Waals surface area contributed by atoms with E-state index in [1.54, 1.807) is 24.3 Å². The van der Waals surface area contributed by atoms with Crippen LogP contribution in [0.2, 0.25) is 0 Å². The third-order valence-corrected chi connectivity index (χ3v) is 2.48. The van der Waals surface area contributed by atoms with Crippen LogP contribution in [0.15, 0.2) is 18.2 Å². The molecule has 1 rings (SSSR count). The summed E-state index contributed by atoms with van der Waals surface area (Å²) in [4.78, 5) is 21.8. The Kier molecular flexibility index (Phi) is 5.60.